The van der Waals surface area contributed by atoms with Crippen LogP contribution in [-0.4, -0.2) is 44.9 Å². The van der Waals surface area contributed by atoms with Gasteiger partial charge in [-0.25, -0.2) is 4.52 Å². The Morgan fingerprint density at radius 1 is 1.25 bits per heavy atom. The van der Waals surface area contributed by atoms with Crippen molar-refractivity contribution in [3.05, 3.63) is 64.0 Å². The Morgan fingerprint density at radius 2 is 2.03 bits per heavy atom. The number of hydrogen-bond acceptors (Lipinski definition) is 7. The van der Waals surface area contributed by atoms with Gasteiger partial charge in [0.25, 0.3) is 5.56 Å². The van der Waals surface area contributed by atoms with Crippen molar-refractivity contribution < 1.29 is 9.26 Å². The lowest BCUT2D eigenvalue weighted by atomic mass is 9.94. The van der Waals surface area contributed by atoms with Crippen molar-refractivity contribution in [2.75, 3.05) is 20.2 Å². The summed E-state index contributed by atoms with van der Waals surface area (Å²) >= 11 is 0. The third kappa shape index (κ3) is 3.69. The van der Waals surface area contributed by atoms with E-state index in [-0.39, 0.29) is 17.4 Å². The number of nitrogens with one attached hydrogen (secondary N) is 2. The van der Waals surface area contributed by atoms with Crippen molar-refractivity contribution in [2.45, 2.75) is 38.0 Å². The van der Waals surface area contributed by atoms with Gasteiger partial charge in [0, 0.05) is 12.0 Å². The number of H-pyrrole nitrogens is 1. The van der Waals surface area contributed by atoms with E-state index in [0.717, 1.165) is 49.4 Å². The molecule has 9 heteroatoms. The summed E-state index contributed by atoms with van der Waals surface area (Å²) in [4.78, 5) is 20.0. The molecule has 1 aliphatic rings. The largest absolute Gasteiger partial charge is 0.497 e. The van der Waals surface area contributed by atoms with E-state index in [1.54, 1.807) is 19.4 Å². The lowest BCUT2D eigenvalue weighted by Crippen LogP contribution is -2.28. The fourth-order valence-electron chi connectivity index (χ4n) is 4.46. The molecular formula is C23H26N6O3. The van der Waals surface area contributed by atoms with Crippen molar-refractivity contribution in [1.82, 2.24) is 30.1 Å². The SMILES string of the molecule is CCC(c1ccc(OC)cc1)c1nc(-c2cnn3c(C4CCNCC4)cc(=O)[nH]c23)no1. The van der Waals surface area contributed by atoms with Crippen molar-refractivity contribution >= 4 is 5.65 Å². The Hall–Kier alpha value is -3.46. The van der Waals surface area contributed by atoms with Gasteiger partial charge in [0.2, 0.25) is 11.7 Å². The molecule has 1 unspecified atom stereocenters. The molecule has 5 rings (SSSR count). The number of aromatic amines is 1. The van der Waals surface area contributed by atoms with E-state index in [1.807, 2.05) is 28.8 Å². The van der Waals surface area contributed by atoms with Crippen LogP contribution in [0, 0.1) is 0 Å². The van der Waals surface area contributed by atoms with Crippen LogP contribution in [0.5, 0.6) is 5.75 Å². The van der Waals surface area contributed by atoms with Crippen LogP contribution in [0.2, 0.25) is 0 Å². The molecular weight excluding hydrogens is 408 g/mol. The Balaban J connectivity index is 1.51. The molecule has 0 aliphatic carbocycles. The van der Waals surface area contributed by atoms with Crippen LogP contribution in [0.4, 0.5) is 0 Å². The van der Waals surface area contributed by atoms with E-state index in [1.165, 1.54) is 0 Å². The predicted molar refractivity (Wildman–Crippen MR) is 119 cm³/mol. The Morgan fingerprint density at radius 3 is 2.75 bits per heavy atom. The Bertz CT molecular complexity index is 1270. The van der Waals surface area contributed by atoms with Gasteiger partial charge in [0.15, 0.2) is 0 Å². The highest BCUT2D eigenvalue weighted by Gasteiger charge is 2.24. The third-order valence-corrected chi connectivity index (χ3v) is 6.20. The van der Waals surface area contributed by atoms with Gasteiger partial charge < -0.3 is 19.6 Å². The van der Waals surface area contributed by atoms with Crippen LogP contribution in [0.15, 0.2) is 45.8 Å². The minimum atomic E-state index is -0.152. The molecule has 4 aromatic rings. The lowest BCUT2D eigenvalue weighted by Gasteiger charge is -2.23. The second-order valence-electron chi connectivity index (χ2n) is 8.09. The summed E-state index contributed by atoms with van der Waals surface area (Å²) in [5.74, 6) is 2.00. The molecule has 1 saturated heterocycles. The van der Waals surface area contributed by atoms with Gasteiger partial charge in [-0.05, 0) is 50.0 Å². The van der Waals surface area contributed by atoms with Crippen LogP contribution in [-0.2, 0) is 0 Å². The summed E-state index contributed by atoms with van der Waals surface area (Å²) in [5, 5.41) is 12.1. The molecule has 3 aromatic heterocycles. The molecule has 4 heterocycles. The van der Waals surface area contributed by atoms with Crippen LogP contribution in [0.1, 0.15) is 55.2 Å². The van der Waals surface area contributed by atoms with Gasteiger partial charge in [-0.2, -0.15) is 10.1 Å². The molecule has 0 bridgehead atoms. The smallest absolute Gasteiger partial charge is 0.251 e. The number of ether oxygens (including phenoxy) is 1. The summed E-state index contributed by atoms with van der Waals surface area (Å²) in [7, 11) is 1.65. The topological polar surface area (TPSA) is 110 Å². The zero-order chi connectivity index (χ0) is 22.1. The van der Waals surface area contributed by atoms with E-state index in [0.29, 0.717) is 22.9 Å². The summed E-state index contributed by atoms with van der Waals surface area (Å²) < 4.78 is 12.7. The number of fused-ring (bicyclic) bond motifs is 1. The molecule has 0 spiro atoms. The predicted octanol–water partition coefficient (Wildman–Crippen LogP) is 3.09. The summed E-state index contributed by atoms with van der Waals surface area (Å²) in [6, 6.07) is 9.52. The fraction of sp³-hybridized carbons (Fsp3) is 0.391. The number of rotatable bonds is 6. The van der Waals surface area contributed by atoms with E-state index < -0.39 is 0 Å². The molecule has 9 nitrogen and oxygen atoms in total. The summed E-state index contributed by atoms with van der Waals surface area (Å²) in [6.45, 7) is 3.95. The summed E-state index contributed by atoms with van der Waals surface area (Å²) in [5.41, 5.74) is 3.09. The maximum atomic E-state index is 12.4. The summed E-state index contributed by atoms with van der Waals surface area (Å²) in [6.07, 6.45) is 4.44. The molecule has 1 aromatic carbocycles. The van der Waals surface area contributed by atoms with Gasteiger partial charge >= 0.3 is 0 Å². The van der Waals surface area contributed by atoms with Crippen molar-refractivity contribution in [2.24, 2.45) is 0 Å². The first-order valence-corrected chi connectivity index (χ1v) is 11.0. The first-order chi connectivity index (χ1) is 15.7. The van der Waals surface area contributed by atoms with Gasteiger partial charge in [-0.15, -0.1) is 0 Å². The first-order valence-electron chi connectivity index (χ1n) is 11.0. The number of aromatic nitrogens is 5. The standard InChI is InChI=1S/C23H26N6O3/c1-3-17(14-4-6-16(31-2)7-5-14)23-27-21(28-32-23)18-13-25-29-19(12-20(30)26-22(18)29)15-8-10-24-11-9-15/h4-7,12-13,15,17,24H,3,8-11H2,1-2H3,(H,26,30). The lowest BCUT2D eigenvalue weighted by molar-refractivity contribution is 0.363. The zero-order valence-electron chi connectivity index (χ0n) is 18.2. The third-order valence-electron chi connectivity index (χ3n) is 6.20. The Labute approximate surface area is 184 Å². The van der Waals surface area contributed by atoms with E-state index in [4.69, 9.17) is 9.26 Å². The maximum absolute atomic E-state index is 12.4. The molecule has 166 valence electrons. The van der Waals surface area contributed by atoms with Crippen LogP contribution < -0.4 is 15.6 Å². The highest BCUT2D eigenvalue weighted by Crippen LogP contribution is 2.31. The highest BCUT2D eigenvalue weighted by atomic mass is 16.5. The normalized spacial score (nSPS) is 15.8. The minimum Gasteiger partial charge on any atom is -0.497 e. The number of piperidine rings is 1. The van der Waals surface area contributed by atoms with Crippen molar-refractivity contribution in [1.29, 1.82) is 0 Å². The van der Waals surface area contributed by atoms with E-state index in [2.05, 4.69) is 32.5 Å². The molecule has 0 radical (unpaired) electrons. The second kappa shape index (κ2) is 8.58. The second-order valence-corrected chi connectivity index (χ2v) is 8.09. The van der Waals surface area contributed by atoms with Crippen LogP contribution in [0.3, 0.4) is 0 Å². The van der Waals surface area contributed by atoms with E-state index >= 15 is 0 Å². The van der Waals surface area contributed by atoms with Gasteiger partial charge in [-0.1, -0.05) is 24.2 Å². The zero-order valence-corrected chi connectivity index (χ0v) is 18.2. The number of benzene rings is 1. The van der Waals surface area contributed by atoms with Crippen molar-refractivity contribution in [3.63, 3.8) is 0 Å². The van der Waals surface area contributed by atoms with Gasteiger partial charge in [-0.3, -0.25) is 4.79 Å². The molecule has 0 saturated carbocycles. The number of hydrogen-bond donors (Lipinski definition) is 2. The van der Waals surface area contributed by atoms with E-state index in [9.17, 15) is 4.79 Å². The van der Waals surface area contributed by atoms with Crippen LogP contribution >= 0.6 is 0 Å². The molecule has 0 amide bonds. The van der Waals surface area contributed by atoms with Gasteiger partial charge in [0.1, 0.15) is 11.4 Å². The van der Waals surface area contributed by atoms with Crippen LogP contribution in [0.25, 0.3) is 17.0 Å². The monoisotopic (exact) mass is 434 g/mol. The van der Waals surface area contributed by atoms with Crippen molar-refractivity contribution in [3.8, 4) is 17.1 Å². The quantitative estimate of drug-likeness (QED) is 0.480. The minimum absolute atomic E-state index is 0.0339. The Kier molecular flexibility index (Phi) is 5.48. The molecule has 1 fully saturated rings. The molecule has 32 heavy (non-hydrogen) atoms. The fourth-order valence-corrected chi connectivity index (χ4v) is 4.46. The van der Waals surface area contributed by atoms with Gasteiger partial charge in [0.05, 0.1) is 30.5 Å². The molecule has 1 aliphatic heterocycles. The first kappa shape index (κ1) is 20.4. The average molecular weight is 435 g/mol. The highest BCUT2D eigenvalue weighted by molar-refractivity contribution is 5.71. The maximum Gasteiger partial charge on any atom is 0.251 e. The molecule has 2 N–H and O–H groups in total. The number of methoxy groups -OCH3 is 1. The molecule has 1 atom stereocenters. The average Bonchev–Trinajstić information content (AvgIpc) is 3.47. The number of nitrogens with zero attached hydrogens (tertiary/aromatic N) is 4.